The third-order valence-corrected chi connectivity index (χ3v) is 2.94. The molecule has 0 aliphatic carbocycles. The Bertz CT molecular complexity index is 596. The molecule has 0 radical (unpaired) electrons. The first kappa shape index (κ1) is 13.0. The summed E-state index contributed by atoms with van der Waals surface area (Å²) in [5, 5.41) is 0. The molecule has 2 aromatic rings. The van der Waals surface area contributed by atoms with Crippen LogP contribution in [0.1, 0.15) is 18.6 Å². The number of hydrogen-bond acceptors (Lipinski definition) is 3. The highest BCUT2D eigenvalue weighted by Crippen LogP contribution is 2.33. The van der Waals surface area contributed by atoms with Crippen molar-refractivity contribution in [2.75, 3.05) is 5.73 Å². The minimum Gasteiger partial charge on any atom is -0.442 e. The van der Waals surface area contributed by atoms with E-state index in [0.717, 1.165) is 16.7 Å². The Morgan fingerprint density at radius 3 is 2.26 bits per heavy atom. The summed E-state index contributed by atoms with van der Waals surface area (Å²) >= 11 is 0. The largest absolute Gasteiger partial charge is 0.442 e. The molecule has 0 aliphatic heterocycles. The van der Waals surface area contributed by atoms with Crippen LogP contribution in [0.5, 0.6) is 0 Å². The average Bonchev–Trinajstić information content (AvgIpc) is 2.38. The first-order valence-corrected chi connectivity index (χ1v) is 5.99. The number of rotatable bonds is 3. The second-order valence-corrected chi connectivity index (χ2v) is 4.25. The number of hydrogen-bond donors (Lipinski definition) is 2. The summed E-state index contributed by atoms with van der Waals surface area (Å²) in [6.45, 7) is 1.78. The zero-order valence-electron chi connectivity index (χ0n) is 10.7. The van der Waals surface area contributed by atoms with Crippen LogP contribution in [0.2, 0.25) is 0 Å². The van der Waals surface area contributed by atoms with E-state index >= 15 is 0 Å². The van der Waals surface area contributed by atoms with Gasteiger partial charge in [0.05, 0.1) is 0 Å². The first-order chi connectivity index (χ1) is 9.09. The number of carbonyl (C=O) groups is 1. The standard InChI is InChI=1S/C15H16N2O2/c1-10(19-15(17)18)11-6-2-3-7-12(11)13-8-4-5-9-14(13)16/h2-10H,16H2,1H3,(H2,17,18). The molecule has 2 rings (SSSR count). The lowest BCUT2D eigenvalue weighted by Gasteiger charge is -2.17. The summed E-state index contributed by atoms with van der Waals surface area (Å²) in [4.78, 5) is 10.9. The van der Waals surface area contributed by atoms with Gasteiger partial charge >= 0.3 is 6.09 Å². The van der Waals surface area contributed by atoms with Gasteiger partial charge in [0.25, 0.3) is 0 Å². The summed E-state index contributed by atoms with van der Waals surface area (Å²) in [6.07, 6.45) is -1.21. The lowest BCUT2D eigenvalue weighted by molar-refractivity contribution is 0.117. The Morgan fingerprint density at radius 2 is 1.63 bits per heavy atom. The van der Waals surface area contributed by atoms with Gasteiger partial charge in [-0.15, -0.1) is 0 Å². The van der Waals surface area contributed by atoms with Gasteiger partial charge in [-0.1, -0.05) is 42.5 Å². The summed E-state index contributed by atoms with van der Waals surface area (Å²) < 4.78 is 5.04. The van der Waals surface area contributed by atoms with Crippen LogP contribution in [0.15, 0.2) is 48.5 Å². The number of ether oxygens (including phenoxy) is 1. The molecule has 19 heavy (non-hydrogen) atoms. The normalized spacial score (nSPS) is 11.8. The predicted molar refractivity (Wildman–Crippen MR) is 75.4 cm³/mol. The maximum atomic E-state index is 10.9. The van der Waals surface area contributed by atoms with Crippen molar-refractivity contribution in [3.05, 3.63) is 54.1 Å². The van der Waals surface area contributed by atoms with E-state index in [-0.39, 0.29) is 0 Å². The van der Waals surface area contributed by atoms with Crippen molar-refractivity contribution < 1.29 is 9.53 Å². The zero-order chi connectivity index (χ0) is 13.8. The molecule has 2 aromatic carbocycles. The van der Waals surface area contributed by atoms with Crippen molar-refractivity contribution in [1.82, 2.24) is 0 Å². The van der Waals surface area contributed by atoms with Gasteiger partial charge in [0.1, 0.15) is 6.10 Å². The summed E-state index contributed by atoms with van der Waals surface area (Å²) in [7, 11) is 0. The van der Waals surface area contributed by atoms with E-state index in [0.29, 0.717) is 5.69 Å². The zero-order valence-corrected chi connectivity index (χ0v) is 10.7. The second-order valence-electron chi connectivity index (χ2n) is 4.25. The van der Waals surface area contributed by atoms with Crippen molar-refractivity contribution in [2.45, 2.75) is 13.0 Å². The molecule has 4 heteroatoms. The number of nitrogen functional groups attached to an aromatic ring is 1. The van der Waals surface area contributed by atoms with Crippen LogP contribution in [-0.4, -0.2) is 6.09 Å². The first-order valence-electron chi connectivity index (χ1n) is 5.99. The topological polar surface area (TPSA) is 78.3 Å². The number of primary amides is 1. The van der Waals surface area contributed by atoms with Crippen molar-refractivity contribution in [2.24, 2.45) is 5.73 Å². The fourth-order valence-corrected chi connectivity index (χ4v) is 2.08. The molecule has 0 spiro atoms. The van der Waals surface area contributed by atoms with Crippen LogP contribution in [0, 0.1) is 0 Å². The lowest BCUT2D eigenvalue weighted by atomic mass is 9.95. The molecule has 0 saturated carbocycles. The smallest absolute Gasteiger partial charge is 0.405 e. The predicted octanol–water partition coefficient (Wildman–Crippen LogP) is 3.09. The number of para-hydroxylation sites is 1. The molecule has 0 aliphatic rings. The molecule has 0 heterocycles. The fraction of sp³-hybridized carbons (Fsp3) is 0.133. The molecule has 4 nitrogen and oxygen atoms in total. The van der Waals surface area contributed by atoms with Crippen molar-refractivity contribution in [3.8, 4) is 11.1 Å². The Hall–Kier alpha value is -2.49. The monoisotopic (exact) mass is 256 g/mol. The van der Waals surface area contributed by atoms with Crippen LogP contribution in [-0.2, 0) is 4.74 Å². The molecule has 0 bridgehead atoms. The Labute approximate surface area is 112 Å². The quantitative estimate of drug-likeness (QED) is 0.828. The van der Waals surface area contributed by atoms with Crippen molar-refractivity contribution >= 4 is 11.8 Å². The number of anilines is 1. The van der Waals surface area contributed by atoms with E-state index in [9.17, 15) is 4.79 Å². The fourth-order valence-electron chi connectivity index (χ4n) is 2.08. The van der Waals surface area contributed by atoms with E-state index in [1.165, 1.54) is 0 Å². The molecule has 1 atom stereocenters. The molecule has 0 fully saturated rings. The van der Waals surface area contributed by atoms with Gasteiger partial charge in [-0.3, -0.25) is 0 Å². The highest BCUT2D eigenvalue weighted by atomic mass is 16.6. The van der Waals surface area contributed by atoms with Gasteiger partial charge in [0.15, 0.2) is 0 Å². The number of benzene rings is 2. The van der Waals surface area contributed by atoms with Crippen LogP contribution >= 0.6 is 0 Å². The van der Waals surface area contributed by atoms with Gasteiger partial charge in [-0.2, -0.15) is 0 Å². The molecule has 0 saturated heterocycles. The number of nitrogens with two attached hydrogens (primary N) is 2. The minimum absolute atomic E-state index is 0.423. The highest BCUT2D eigenvalue weighted by molar-refractivity contribution is 5.79. The van der Waals surface area contributed by atoms with Crippen LogP contribution in [0.25, 0.3) is 11.1 Å². The number of amides is 1. The van der Waals surface area contributed by atoms with E-state index in [1.54, 1.807) is 6.92 Å². The molecular weight excluding hydrogens is 240 g/mol. The van der Waals surface area contributed by atoms with Gasteiger partial charge in [-0.05, 0) is 18.6 Å². The van der Waals surface area contributed by atoms with Gasteiger partial charge in [-0.25, -0.2) is 4.79 Å². The molecule has 98 valence electrons. The second kappa shape index (κ2) is 5.44. The summed E-state index contributed by atoms with van der Waals surface area (Å²) in [5.74, 6) is 0. The van der Waals surface area contributed by atoms with E-state index in [1.807, 2.05) is 48.5 Å². The number of carbonyl (C=O) groups excluding carboxylic acids is 1. The maximum Gasteiger partial charge on any atom is 0.405 e. The third-order valence-electron chi connectivity index (χ3n) is 2.94. The minimum atomic E-state index is -0.789. The Kier molecular flexibility index (Phi) is 3.71. The van der Waals surface area contributed by atoms with Crippen LogP contribution < -0.4 is 11.5 Å². The molecule has 0 aromatic heterocycles. The van der Waals surface area contributed by atoms with E-state index in [2.05, 4.69) is 0 Å². The molecular formula is C15H16N2O2. The molecule has 4 N–H and O–H groups in total. The van der Waals surface area contributed by atoms with E-state index < -0.39 is 12.2 Å². The maximum absolute atomic E-state index is 10.9. The van der Waals surface area contributed by atoms with Crippen LogP contribution in [0.3, 0.4) is 0 Å². The van der Waals surface area contributed by atoms with Gasteiger partial charge in [0, 0.05) is 16.8 Å². The van der Waals surface area contributed by atoms with Gasteiger partial charge < -0.3 is 16.2 Å². The van der Waals surface area contributed by atoms with Crippen LogP contribution in [0.4, 0.5) is 10.5 Å². The summed E-state index contributed by atoms with van der Waals surface area (Å²) in [6, 6.07) is 15.2. The Balaban J connectivity index is 2.47. The Morgan fingerprint density at radius 1 is 1.05 bits per heavy atom. The van der Waals surface area contributed by atoms with Crippen molar-refractivity contribution in [3.63, 3.8) is 0 Å². The highest BCUT2D eigenvalue weighted by Gasteiger charge is 2.15. The van der Waals surface area contributed by atoms with Crippen molar-refractivity contribution in [1.29, 1.82) is 0 Å². The average molecular weight is 256 g/mol. The lowest BCUT2D eigenvalue weighted by Crippen LogP contribution is -2.16. The SMILES string of the molecule is CC(OC(N)=O)c1ccccc1-c1ccccc1N. The molecule has 1 amide bonds. The third kappa shape index (κ3) is 2.85. The van der Waals surface area contributed by atoms with E-state index in [4.69, 9.17) is 16.2 Å². The molecule has 1 unspecified atom stereocenters. The summed E-state index contributed by atoms with van der Waals surface area (Å²) in [5.41, 5.74) is 14.5. The van der Waals surface area contributed by atoms with Gasteiger partial charge in [0.2, 0.25) is 0 Å².